The van der Waals surface area contributed by atoms with Crippen LogP contribution in [0.5, 0.6) is 11.6 Å². The predicted molar refractivity (Wildman–Crippen MR) is 108 cm³/mol. The van der Waals surface area contributed by atoms with Gasteiger partial charge in [0.2, 0.25) is 11.8 Å². The van der Waals surface area contributed by atoms with Gasteiger partial charge in [0.1, 0.15) is 5.75 Å². The van der Waals surface area contributed by atoms with Crippen molar-refractivity contribution in [3.8, 4) is 22.9 Å². The van der Waals surface area contributed by atoms with Crippen LogP contribution < -0.4 is 9.46 Å². The van der Waals surface area contributed by atoms with Crippen molar-refractivity contribution in [3.63, 3.8) is 0 Å². The molecule has 8 nitrogen and oxygen atoms in total. The fourth-order valence-electron chi connectivity index (χ4n) is 2.60. The molecule has 0 fully saturated rings. The lowest BCUT2D eigenvalue weighted by atomic mass is 10.1. The number of rotatable bonds is 6. The number of aromatic nitrogens is 4. The third-order valence-corrected chi connectivity index (χ3v) is 5.15. The molecule has 1 N–H and O–H groups in total. The van der Waals surface area contributed by atoms with Crippen LogP contribution in [-0.2, 0) is 17.1 Å². The average molecular weight is 407 g/mol. The van der Waals surface area contributed by atoms with Gasteiger partial charge in [0, 0.05) is 24.9 Å². The Morgan fingerprint density at radius 3 is 2.28 bits per heavy atom. The molecule has 4 rings (SSSR count). The highest BCUT2D eigenvalue weighted by molar-refractivity contribution is 7.92. The summed E-state index contributed by atoms with van der Waals surface area (Å²) in [7, 11) is -2.31. The van der Waals surface area contributed by atoms with Crippen molar-refractivity contribution in [2.24, 2.45) is 7.05 Å². The first-order chi connectivity index (χ1) is 14.0. The van der Waals surface area contributed by atoms with Gasteiger partial charge in [-0.1, -0.05) is 48.5 Å². The summed E-state index contributed by atoms with van der Waals surface area (Å²) in [6, 6.07) is 21.5. The van der Waals surface area contributed by atoms with Gasteiger partial charge in [0.25, 0.3) is 10.0 Å². The van der Waals surface area contributed by atoms with E-state index >= 15 is 0 Å². The maximum atomic E-state index is 12.6. The van der Waals surface area contributed by atoms with Crippen LogP contribution in [-0.4, -0.2) is 28.2 Å². The number of benzene rings is 2. The fourth-order valence-corrected chi connectivity index (χ4v) is 3.51. The zero-order chi connectivity index (χ0) is 20.3. The van der Waals surface area contributed by atoms with Crippen LogP contribution in [0.1, 0.15) is 0 Å². The summed E-state index contributed by atoms with van der Waals surface area (Å²) in [5.41, 5.74) is 1.32. The first kappa shape index (κ1) is 18.6. The summed E-state index contributed by atoms with van der Waals surface area (Å²) in [5, 5.41) is 3.80. The zero-order valence-electron chi connectivity index (χ0n) is 15.4. The quantitative estimate of drug-likeness (QED) is 0.525. The van der Waals surface area contributed by atoms with Crippen molar-refractivity contribution < 1.29 is 13.2 Å². The van der Waals surface area contributed by atoms with Gasteiger partial charge in [-0.25, -0.2) is 9.71 Å². The number of nitrogens with zero attached hydrogens (tertiary/aromatic N) is 4. The molecule has 146 valence electrons. The predicted octanol–water partition coefficient (Wildman–Crippen LogP) is 3.47. The van der Waals surface area contributed by atoms with Crippen molar-refractivity contribution in [2.45, 2.75) is 5.03 Å². The molecular formula is C20H17N5O3S. The SMILES string of the molecule is Cn1ccc(S(=O)(=O)Nc2nc(Oc3ccccc3)cc(-c3ccccc3)n2)n1. The van der Waals surface area contributed by atoms with E-state index in [1.807, 2.05) is 48.5 Å². The maximum absolute atomic E-state index is 12.6. The summed E-state index contributed by atoms with van der Waals surface area (Å²) in [4.78, 5) is 8.56. The van der Waals surface area contributed by atoms with Gasteiger partial charge in [0.15, 0.2) is 5.03 Å². The molecule has 0 saturated carbocycles. The minimum Gasteiger partial charge on any atom is -0.439 e. The number of aryl methyl sites for hydroxylation is 1. The summed E-state index contributed by atoms with van der Waals surface area (Å²) in [6.45, 7) is 0. The molecule has 0 aliphatic heterocycles. The zero-order valence-corrected chi connectivity index (χ0v) is 16.2. The highest BCUT2D eigenvalue weighted by Gasteiger charge is 2.20. The molecule has 0 radical (unpaired) electrons. The van der Waals surface area contributed by atoms with E-state index in [1.165, 1.54) is 10.7 Å². The van der Waals surface area contributed by atoms with E-state index in [2.05, 4.69) is 19.8 Å². The van der Waals surface area contributed by atoms with Crippen molar-refractivity contribution in [1.29, 1.82) is 0 Å². The van der Waals surface area contributed by atoms with E-state index in [9.17, 15) is 8.42 Å². The van der Waals surface area contributed by atoms with Crippen molar-refractivity contribution in [1.82, 2.24) is 19.7 Å². The van der Waals surface area contributed by atoms with E-state index < -0.39 is 10.0 Å². The Morgan fingerprint density at radius 2 is 1.62 bits per heavy atom. The average Bonchev–Trinajstić information content (AvgIpc) is 3.16. The van der Waals surface area contributed by atoms with Gasteiger partial charge in [-0.3, -0.25) is 4.68 Å². The summed E-state index contributed by atoms with van der Waals surface area (Å²) in [5.74, 6) is 0.676. The molecule has 0 atom stereocenters. The van der Waals surface area contributed by atoms with Gasteiger partial charge in [0.05, 0.1) is 5.69 Å². The lowest BCUT2D eigenvalue weighted by Gasteiger charge is -2.10. The van der Waals surface area contributed by atoms with Crippen LogP contribution in [0.4, 0.5) is 5.95 Å². The molecule has 0 bridgehead atoms. The Balaban J connectivity index is 1.73. The van der Waals surface area contributed by atoms with Crippen LogP contribution >= 0.6 is 0 Å². The van der Waals surface area contributed by atoms with Gasteiger partial charge >= 0.3 is 0 Å². The third-order valence-electron chi connectivity index (χ3n) is 3.93. The van der Waals surface area contributed by atoms with E-state index in [0.717, 1.165) is 5.56 Å². The largest absolute Gasteiger partial charge is 0.439 e. The van der Waals surface area contributed by atoms with E-state index in [0.29, 0.717) is 11.4 Å². The molecule has 9 heteroatoms. The first-order valence-electron chi connectivity index (χ1n) is 8.69. The first-order valence-corrected chi connectivity index (χ1v) is 10.2. The third kappa shape index (κ3) is 4.41. The molecule has 2 aromatic heterocycles. The summed E-state index contributed by atoms with van der Waals surface area (Å²) in [6.07, 6.45) is 1.54. The summed E-state index contributed by atoms with van der Waals surface area (Å²) < 4.78 is 34.8. The van der Waals surface area contributed by atoms with Crippen LogP contribution in [0.3, 0.4) is 0 Å². The molecular weight excluding hydrogens is 390 g/mol. The second-order valence-electron chi connectivity index (χ2n) is 6.13. The molecule has 0 spiro atoms. The van der Waals surface area contributed by atoms with Crippen LogP contribution in [0, 0.1) is 0 Å². The smallest absolute Gasteiger partial charge is 0.283 e. The lowest BCUT2D eigenvalue weighted by molar-refractivity contribution is 0.463. The number of para-hydroxylation sites is 1. The van der Waals surface area contributed by atoms with E-state index in [1.54, 1.807) is 31.4 Å². The molecule has 0 unspecified atom stereocenters. The standard InChI is InChI=1S/C20H17N5O3S/c1-25-13-12-19(23-25)29(26,27)24-20-21-17(15-8-4-2-5-9-15)14-18(22-20)28-16-10-6-3-7-11-16/h2-14H,1H3,(H,21,22,24). The summed E-state index contributed by atoms with van der Waals surface area (Å²) >= 11 is 0. The van der Waals surface area contributed by atoms with Crippen LogP contribution in [0.2, 0.25) is 0 Å². The minimum absolute atomic E-state index is 0.108. The van der Waals surface area contributed by atoms with Crippen LogP contribution in [0.25, 0.3) is 11.3 Å². The Labute approximate surface area is 167 Å². The van der Waals surface area contributed by atoms with Crippen molar-refractivity contribution in [2.75, 3.05) is 4.72 Å². The second kappa shape index (κ2) is 7.72. The number of sulfonamides is 1. The molecule has 0 aliphatic carbocycles. The molecule has 0 saturated heterocycles. The minimum atomic E-state index is -3.94. The normalized spacial score (nSPS) is 11.2. The number of nitrogens with one attached hydrogen (secondary N) is 1. The Hall–Kier alpha value is -3.72. The molecule has 0 amide bonds. The Kier molecular flexibility index (Phi) is 4.96. The highest BCUT2D eigenvalue weighted by Crippen LogP contribution is 2.26. The number of anilines is 1. The van der Waals surface area contributed by atoms with Crippen molar-refractivity contribution >= 4 is 16.0 Å². The van der Waals surface area contributed by atoms with Crippen molar-refractivity contribution in [3.05, 3.63) is 79.0 Å². The monoisotopic (exact) mass is 407 g/mol. The Bertz CT molecular complexity index is 1230. The van der Waals surface area contributed by atoms with Gasteiger partial charge in [-0.15, -0.1) is 0 Å². The molecule has 0 aliphatic rings. The number of hydrogen-bond donors (Lipinski definition) is 1. The van der Waals surface area contributed by atoms with Gasteiger partial charge < -0.3 is 4.74 Å². The second-order valence-corrected chi connectivity index (χ2v) is 7.76. The number of hydrogen-bond acceptors (Lipinski definition) is 6. The van der Waals surface area contributed by atoms with E-state index in [4.69, 9.17) is 4.74 Å². The Morgan fingerprint density at radius 1 is 0.931 bits per heavy atom. The van der Waals surface area contributed by atoms with Gasteiger partial charge in [-0.05, 0) is 18.2 Å². The maximum Gasteiger partial charge on any atom is 0.283 e. The highest BCUT2D eigenvalue weighted by atomic mass is 32.2. The molecule has 2 aromatic carbocycles. The molecule has 2 heterocycles. The van der Waals surface area contributed by atoms with E-state index in [-0.39, 0.29) is 16.9 Å². The topological polar surface area (TPSA) is 99.0 Å². The fraction of sp³-hybridized carbons (Fsp3) is 0.0500. The lowest BCUT2D eigenvalue weighted by Crippen LogP contribution is -2.16. The van der Waals surface area contributed by atoms with Gasteiger partial charge in [-0.2, -0.15) is 18.5 Å². The van der Waals surface area contributed by atoms with Crippen LogP contribution in [0.15, 0.2) is 84.0 Å². The molecule has 4 aromatic rings. The molecule has 29 heavy (non-hydrogen) atoms. The number of ether oxygens (including phenoxy) is 1.